The smallest absolute Gasteiger partial charge is 0.261 e. The maximum absolute atomic E-state index is 12.9. The van der Waals surface area contributed by atoms with Gasteiger partial charge >= 0.3 is 0 Å². The van der Waals surface area contributed by atoms with Crippen LogP contribution in [0.15, 0.2) is 102 Å². The Morgan fingerprint density at radius 3 is 2.27 bits per heavy atom. The molecule has 0 saturated carbocycles. The highest BCUT2D eigenvalue weighted by Gasteiger charge is 2.15. The Hall–Kier alpha value is -3.84. The maximum Gasteiger partial charge on any atom is 0.261 e. The second-order valence-electron chi connectivity index (χ2n) is 7.47. The average Bonchev–Trinajstić information content (AvgIpc) is 2.83. The van der Waals surface area contributed by atoms with Crippen molar-refractivity contribution in [1.82, 2.24) is 0 Å². The molecule has 4 rings (SSSR count). The first kappa shape index (κ1) is 22.4. The standard InChI is InChI=1S/C26H24N2O4S/c29-26(14-7-19-32-22-10-2-1-3-11-22)27-21-15-17-23(18-16-21)33(30,31)28-25-13-6-9-20-8-4-5-12-24(20)25/h1-6,8-13,15-18,28H,7,14,19H2,(H,27,29). The summed E-state index contributed by atoms with van der Waals surface area (Å²) in [7, 11) is -3.77. The number of benzene rings is 4. The van der Waals surface area contributed by atoms with Gasteiger partial charge in [-0.2, -0.15) is 0 Å². The molecule has 0 aliphatic heterocycles. The Morgan fingerprint density at radius 2 is 1.48 bits per heavy atom. The van der Waals surface area contributed by atoms with Crippen molar-refractivity contribution in [1.29, 1.82) is 0 Å². The first-order valence-corrected chi connectivity index (χ1v) is 12.1. The van der Waals surface area contributed by atoms with Crippen LogP contribution in [-0.2, 0) is 14.8 Å². The molecular formula is C26H24N2O4S. The number of carbonyl (C=O) groups is 1. The lowest BCUT2D eigenvalue weighted by atomic mass is 10.1. The van der Waals surface area contributed by atoms with E-state index in [9.17, 15) is 13.2 Å². The molecule has 0 radical (unpaired) electrons. The number of hydrogen-bond acceptors (Lipinski definition) is 4. The Labute approximate surface area is 193 Å². The van der Waals surface area contributed by atoms with Gasteiger partial charge < -0.3 is 10.1 Å². The monoisotopic (exact) mass is 460 g/mol. The summed E-state index contributed by atoms with van der Waals surface area (Å²) in [6, 6.07) is 28.6. The molecule has 0 unspecified atom stereocenters. The summed E-state index contributed by atoms with van der Waals surface area (Å²) in [5.74, 6) is 0.614. The van der Waals surface area contributed by atoms with E-state index in [1.165, 1.54) is 12.1 Å². The molecule has 168 valence electrons. The Kier molecular flexibility index (Phi) is 6.90. The second kappa shape index (κ2) is 10.2. The van der Waals surface area contributed by atoms with Crippen LogP contribution in [0.4, 0.5) is 11.4 Å². The predicted octanol–water partition coefficient (Wildman–Crippen LogP) is 5.44. The fourth-order valence-electron chi connectivity index (χ4n) is 3.40. The Morgan fingerprint density at radius 1 is 0.788 bits per heavy atom. The van der Waals surface area contributed by atoms with E-state index in [0.29, 0.717) is 30.8 Å². The predicted molar refractivity (Wildman–Crippen MR) is 131 cm³/mol. The van der Waals surface area contributed by atoms with E-state index in [-0.39, 0.29) is 10.8 Å². The molecule has 6 nitrogen and oxygen atoms in total. The topological polar surface area (TPSA) is 84.5 Å². The third kappa shape index (κ3) is 5.90. The van der Waals surface area contributed by atoms with Gasteiger partial charge in [0.05, 0.1) is 17.2 Å². The van der Waals surface area contributed by atoms with E-state index >= 15 is 0 Å². The number of sulfonamides is 1. The number of rotatable bonds is 9. The van der Waals surface area contributed by atoms with Gasteiger partial charge in [0.25, 0.3) is 10.0 Å². The van der Waals surface area contributed by atoms with Gasteiger partial charge in [0, 0.05) is 17.5 Å². The van der Waals surface area contributed by atoms with Crippen molar-refractivity contribution >= 4 is 38.1 Å². The highest BCUT2D eigenvalue weighted by Crippen LogP contribution is 2.26. The molecule has 0 aromatic heterocycles. The number of hydrogen-bond donors (Lipinski definition) is 2. The van der Waals surface area contributed by atoms with E-state index in [1.54, 1.807) is 18.2 Å². The molecule has 0 saturated heterocycles. The Balaban J connectivity index is 1.32. The van der Waals surface area contributed by atoms with Crippen LogP contribution in [0.1, 0.15) is 12.8 Å². The van der Waals surface area contributed by atoms with Crippen LogP contribution < -0.4 is 14.8 Å². The lowest BCUT2D eigenvalue weighted by molar-refractivity contribution is -0.116. The molecular weight excluding hydrogens is 436 g/mol. The fraction of sp³-hybridized carbons (Fsp3) is 0.115. The van der Waals surface area contributed by atoms with Crippen LogP contribution in [0.5, 0.6) is 5.75 Å². The molecule has 0 aliphatic rings. The molecule has 2 N–H and O–H groups in total. The molecule has 0 bridgehead atoms. The van der Waals surface area contributed by atoms with Gasteiger partial charge in [-0.3, -0.25) is 9.52 Å². The molecule has 7 heteroatoms. The quantitative estimate of drug-likeness (QED) is 0.326. The molecule has 0 fully saturated rings. The number of anilines is 2. The first-order valence-electron chi connectivity index (χ1n) is 10.6. The van der Waals surface area contributed by atoms with E-state index in [1.807, 2.05) is 66.7 Å². The number of fused-ring (bicyclic) bond motifs is 1. The summed E-state index contributed by atoms with van der Waals surface area (Å²) in [6.07, 6.45) is 0.873. The first-order chi connectivity index (χ1) is 16.0. The van der Waals surface area contributed by atoms with E-state index < -0.39 is 10.0 Å². The van der Waals surface area contributed by atoms with Crippen molar-refractivity contribution in [2.75, 3.05) is 16.6 Å². The highest BCUT2D eigenvalue weighted by atomic mass is 32.2. The maximum atomic E-state index is 12.9. The van der Waals surface area contributed by atoms with Crippen LogP contribution in [0.2, 0.25) is 0 Å². The van der Waals surface area contributed by atoms with Gasteiger partial charge in [-0.1, -0.05) is 54.6 Å². The molecule has 0 atom stereocenters. The highest BCUT2D eigenvalue weighted by molar-refractivity contribution is 7.92. The van der Waals surface area contributed by atoms with E-state index in [2.05, 4.69) is 10.0 Å². The summed E-state index contributed by atoms with van der Waals surface area (Å²) in [4.78, 5) is 12.3. The van der Waals surface area contributed by atoms with Crippen molar-refractivity contribution in [3.05, 3.63) is 97.1 Å². The minimum absolute atomic E-state index is 0.115. The summed E-state index contributed by atoms with van der Waals surface area (Å²) in [5.41, 5.74) is 1.05. The summed E-state index contributed by atoms with van der Waals surface area (Å²) in [6.45, 7) is 0.439. The number of amides is 1. The van der Waals surface area contributed by atoms with Gasteiger partial charge in [0.2, 0.25) is 5.91 Å². The molecule has 4 aromatic carbocycles. The van der Waals surface area contributed by atoms with Gasteiger partial charge in [-0.15, -0.1) is 0 Å². The lowest BCUT2D eigenvalue weighted by Gasteiger charge is -2.12. The molecule has 0 aliphatic carbocycles. The van der Waals surface area contributed by atoms with E-state index in [0.717, 1.165) is 16.5 Å². The molecule has 4 aromatic rings. The summed E-state index contributed by atoms with van der Waals surface area (Å²) in [5, 5.41) is 4.56. The zero-order valence-corrected chi connectivity index (χ0v) is 18.7. The van der Waals surface area contributed by atoms with Crippen molar-refractivity contribution in [2.45, 2.75) is 17.7 Å². The third-order valence-electron chi connectivity index (χ3n) is 5.04. The lowest BCUT2D eigenvalue weighted by Crippen LogP contribution is -2.14. The van der Waals surface area contributed by atoms with Gasteiger partial charge in [-0.25, -0.2) is 8.42 Å². The van der Waals surface area contributed by atoms with Crippen LogP contribution in [0, 0.1) is 0 Å². The van der Waals surface area contributed by atoms with Gasteiger partial charge in [0.15, 0.2) is 0 Å². The SMILES string of the molecule is O=C(CCCOc1ccccc1)Nc1ccc(S(=O)(=O)Nc2cccc3ccccc23)cc1. The minimum Gasteiger partial charge on any atom is -0.494 e. The number of para-hydroxylation sites is 1. The average molecular weight is 461 g/mol. The van der Waals surface area contributed by atoms with Crippen molar-refractivity contribution in [3.8, 4) is 5.75 Å². The molecule has 33 heavy (non-hydrogen) atoms. The molecule has 1 amide bonds. The van der Waals surface area contributed by atoms with Crippen LogP contribution >= 0.6 is 0 Å². The normalized spacial score (nSPS) is 11.2. The summed E-state index contributed by atoms with van der Waals surface area (Å²) < 4.78 is 34.0. The van der Waals surface area contributed by atoms with Crippen LogP contribution in [-0.4, -0.2) is 20.9 Å². The number of ether oxygens (including phenoxy) is 1. The largest absolute Gasteiger partial charge is 0.494 e. The second-order valence-corrected chi connectivity index (χ2v) is 9.15. The minimum atomic E-state index is -3.77. The van der Waals surface area contributed by atoms with E-state index in [4.69, 9.17) is 4.74 Å². The molecule has 0 spiro atoms. The van der Waals surface area contributed by atoms with Gasteiger partial charge in [-0.05, 0) is 54.3 Å². The van der Waals surface area contributed by atoms with Crippen LogP contribution in [0.3, 0.4) is 0 Å². The number of carbonyl (C=O) groups excluding carboxylic acids is 1. The number of nitrogens with one attached hydrogen (secondary N) is 2. The fourth-order valence-corrected chi connectivity index (χ4v) is 4.48. The zero-order valence-electron chi connectivity index (χ0n) is 17.9. The van der Waals surface area contributed by atoms with Gasteiger partial charge in [0.1, 0.15) is 5.75 Å². The van der Waals surface area contributed by atoms with Crippen molar-refractivity contribution in [2.24, 2.45) is 0 Å². The zero-order chi connectivity index (χ0) is 23.1. The summed E-state index contributed by atoms with van der Waals surface area (Å²) >= 11 is 0. The third-order valence-corrected chi connectivity index (χ3v) is 6.42. The van der Waals surface area contributed by atoms with Crippen LogP contribution in [0.25, 0.3) is 10.8 Å². The Bertz CT molecular complexity index is 1330. The van der Waals surface area contributed by atoms with Crippen molar-refractivity contribution in [3.63, 3.8) is 0 Å². The molecule has 0 heterocycles. The van der Waals surface area contributed by atoms with Crippen molar-refractivity contribution < 1.29 is 17.9 Å².